The topological polar surface area (TPSA) is 37.8 Å². The van der Waals surface area contributed by atoms with E-state index in [0.29, 0.717) is 5.92 Å². The molecule has 0 amide bonds. The first-order valence-corrected chi connectivity index (χ1v) is 7.79. The third-order valence-corrected chi connectivity index (χ3v) is 4.93. The molecule has 0 unspecified atom stereocenters. The summed E-state index contributed by atoms with van der Waals surface area (Å²) < 4.78 is 0. The van der Waals surface area contributed by atoms with Crippen molar-refractivity contribution >= 4 is 11.3 Å². The Morgan fingerprint density at radius 2 is 1.88 bits per heavy atom. The van der Waals surface area contributed by atoms with Gasteiger partial charge in [0.2, 0.25) is 0 Å². The predicted molar refractivity (Wildman–Crippen MR) is 70.5 cm³/mol. The zero-order valence-electron chi connectivity index (χ0n) is 10.3. The molecule has 1 aromatic rings. The van der Waals surface area contributed by atoms with Crippen LogP contribution in [0, 0.1) is 0 Å². The molecular weight excluding hydrogens is 230 g/mol. The molecule has 2 aliphatic carbocycles. The maximum atomic E-state index is 4.39. The maximum Gasteiger partial charge on any atom is 0.120 e. The monoisotopic (exact) mass is 251 g/mol. The molecule has 1 aromatic heterocycles. The van der Waals surface area contributed by atoms with Gasteiger partial charge in [-0.15, -0.1) is 21.5 Å². The average Bonchev–Trinajstić information content (AvgIpc) is 3.07. The summed E-state index contributed by atoms with van der Waals surface area (Å²) in [5.74, 6) is 0.714. The highest BCUT2D eigenvalue weighted by atomic mass is 32.1. The molecule has 94 valence electrons. The van der Waals surface area contributed by atoms with E-state index in [4.69, 9.17) is 0 Å². The SMILES string of the molecule is C1CCC(c2nnc(CCNC3CC3)s2)CC1. The molecule has 0 spiro atoms. The number of rotatable bonds is 5. The van der Waals surface area contributed by atoms with Gasteiger partial charge < -0.3 is 5.32 Å². The number of nitrogens with one attached hydrogen (secondary N) is 1. The van der Waals surface area contributed by atoms with Crippen LogP contribution in [-0.2, 0) is 6.42 Å². The fourth-order valence-corrected chi connectivity index (χ4v) is 3.56. The van der Waals surface area contributed by atoms with Crippen LogP contribution in [0.15, 0.2) is 0 Å². The molecular formula is C13H21N3S. The lowest BCUT2D eigenvalue weighted by Crippen LogP contribution is -2.19. The van der Waals surface area contributed by atoms with Crippen molar-refractivity contribution in [1.82, 2.24) is 15.5 Å². The van der Waals surface area contributed by atoms with E-state index in [-0.39, 0.29) is 0 Å². The molecule has 0 atom stereocenters. The fourth-order valence-electron chi connectivity index (χ4n) is 2.55. The summed E-state index contributed by atoms with van der Waals surface area (Å²) in [5, 5.41) is 14.8. The van der Waals surface area contributed by atoms with Gasteiger partial charge >= 0.3 is 0 Å². The van der Waals surface area contributed by atoms with Gasteiger partial charge in [-0.1, -0.05) is 19.3 Å². The van der Waals surface area contributed by atoms with Crippen LogP contribution in [0.25, 0.3) is 0 Å². The van der Waals surface area contributed by atoms with Crippen LogP contribution < -0.4 is 5.32 Å². The van der Waals surface area contributed by atoms with E-state index in [1.165, 1.54) is 55.0 Å². The summed E-state index contributed by atoms with van der Waals surface area (Å²) in [6.07, 6.45) is 10.6. The van der Waals surface area contributed by atoms with E-state index in [1.807, 2.05) is 11.3 Å². The van der Waals surface area contributed by atoms with Crippen molar-refractivity contribution in [2.75, 3.05) is 6.54 Å². The minimum Gasteiger partial charge on any atom is -0.314 e. The predicted octanol–water partition coefficient (Wildman–Crippen LogP) is 2.88. The van der Waals surface area contributed by atoms with Crippen molar-refractivity contribution in [3.63, 3.8) is 0 Å². The molecule has 2 aliphatic rings. The van der Waals surface area contributed by atoms with Crippen molar-refractivity contribution in [2.24, 2.45) is 0 Å². The van der Waals surface area contributed by atoms with Crippen LogP contribution in [0.1, 0.15) is 60.9 Å². The molecule has 0 aliphatic heterocycles. The maximum absolute atomic E-state index is 4.39. The van der Waals surface area contributed by atoms with E-state index in [2.05, 4.69) is 15.5 Å². The van der Waals surface area contributed by atoms with E-state index in [1.54, 1.807) is 0 Å². The molecule has 0 saturated heterocycles. The number of nitrogens with zero attached hydrogens (tertiary/aromatic N) is 2. The first kappa shape index (κ1) is 11.6. The molecule has 2 fully saturated rings. The highest BCUT2D eigenvalue weighted by molar-refractivity contribution is 7.11. The smallest absolute Gasteiger partial charge is 0.120 e. The van der Waals surface area contributed by atoms with Crippen LogP contribution in [0.4, 0.5) is 0 Å². The van der Waals surface area contributed by atoms with Crippen LogP contribution in [0.5, 0.6) is 0 Å². The quantitative estimate of drug-likeness (QED) is 0.874. The standard InChI is InChI=1S/C13H21N3S/c1-2-4-10(5-3-1)13-16-15-12(17-13)8-9-14-11-6-7-11/h10-11,14H,1-9H2. The number of hydrogen-bond acceptors (Lipinski definition) is 4. The van der Waals surface area contributed by atoms with Crippen LogP contribution in [-0.4, -0.2) is 22.8 Å². The lowest BCUT2D eigenvalue weighted by molar-refractivity contribution is 0.440. The molecule has 3 nitrogen and oxygen atoms in total. The minimum absolute atomic E-state index is 0.714. The highest BCUT2D eigenvalue weighted by Gasteiger charge is 2.21. The Labute approximate surface area is 107 Å². The van der Waals surface area contributed by atoms with Crippen molar-refractivity contribution in [3.8, 4) is 0 Å². The van der Waals surface area contributed by atoms with Gasteiger partial charge in [-0.05, 0) is 25.7 Å². The van der Waals surface area contributed by atoms with Crippen LogP contribution in [0.2, 0.25) is 0 Å². The summed E-state index contributed by atoms with van der Waals surface area (Å²) in [5.41, 5.74) is 0. The van der Waals surface area contributed by atoms with Gasteiger partial charge in [-0.3, -0.25) is 0 Å². The zero-order chi connectivity index (χ0) is 11.5. The van der Waals surface area contributed by atoms with Gasteiger partial charge in [0.15, 0.2) is 0 Å². The molecule has 3 rings (SSSR count). The molecule has 2 saturated carbocycles. The first-order valence-electron chi connectivity index (χ1n) is 6.97. The van der Waals surface area contributed by atoms with Crippen LogP contribution in [0.3, 0.4) is 0 Å². The summed E-state index contributed by atoms with van der Waals surface area (Å²) in [4.78, 5) is 0. The Morgan fingerprint density at radius 3 is 2.65 bits per heavy atom. The molecule has 0 aromatic carbocycles. The Morgan fingerprint density at radius 1 is 1.06 bits per heavy atom. The van der Waals surface area contributed by atoms with Gasteiger partial charge in [0, 0.05) is 24.9 Å². The highest BCUT2D eigenvalue weighted by Crippen LogP contribution is 2.34. The summed E-state index contributed by atoms with van der Waals surface area (Å²) in [6.45, 7) is 1.07. The van der Waals surface area contributed by atoms with Gasteiger partial charge in [-0.2, -0.15) is 0 Å². The van der Waals surface area contributed by atoms with Gasteiger partial charge in [0.05, 0.1) is 0 Å². The lowest BCUT2D eigenvalue weighted by Gasteiger charge is -2.18. The van der Waals surface area contributed by atoms with Crippen LogP contribution >= 0.6 is 11.3 Å². The van der Waals surface area contributed by atoms with Gasteiger partial charge in [0.25, 0.3) is 0 Å². The normalized spacial score (nSPS) is 21.9. The fraction of sp³-hybridized carbons (Fsp3) is 0.846. The lowest BCUT2D eigenvalue weighted by atomic mass is 9.90. The summed E-state index contributed by atoms with van der Waals surface area (Å²) in [6, 6.07) is 0.806. The van der Waals surface area contributed by atoms with Gasteiger partial charge in [-0.25, -0.2) is 0 Å². The molecule has 0 radical (unpaired) electrons. The molecule has 0 bridgehead atoms. The second kappa shape index (κ2) is 5.44. The molecule has 1 N–H and O–H groups in total. The largest absolute Gasteiger partial charge is 0.314 e. The second-order valence-corrected chi connectivity index (χ2v) is 6.44. The first-order chi connectivity index (χ1) is 8.42. The average molecular weight is 251 g/mol. The number of hydrogen-bond donors (Lipinski definition) is 1. The van der Waals surface area contributed by atoms with E-state index in [0.717, 1.165) is 19.0 Å². The molecule has 4 heteroatoms. The van der Waals surface area contributed by atoms with Gasteiger partial charge in [0.1, 0.15) is 10.0 Å². The Kier molecular flexibility index (Phi) is 3.71. The zero-order valence-corrected chi connectivity index (χ0v) is 11.1. The second-order valence-electron chi connectivity index (χ2n) is 5.35. The molecule has 1 heterocycles. The van der Waals surface area contributed by atoms with Crippen molar-refractivity contribution in [1.29, 1.82) is 0 Å². The van der Waals surface area contributed by atoms with Crippen molar-refractivity contribution < 1.29 is 0 Å². The third kappa shape index (κ3) is 3.26. The van der Waals surface area contributed by atoms with E-state index in [9.17, 15) is 0 Å². The molecule has 17 heavy (non-hydrogen) atoms. The summed E-state index contributed by atoms with van der Waals surface area (Å²) in [7, 11) is 0. The third-order valence-electron chi connectivity index (χ3n) is 3.79. The minimum atomic E-state index is 0.714. The summed E-state index contributed by atoms with van der Waals surface area (Å²) >= 11 is 1.85. The Bertz CT molecular complexity index is 353. The van der Waals surface area contributed by atoms with Crippen molar-refractivity contribution in [2.45, 2.75) is 63.3 Å². The van der Waals surface area contributed by atoms with Crippen molar-refractivity contribution in [3.05, 3.63) is 10.0 Å². The number of aromatic nitrogens is 2. The van der Waals surface area contributed by atoms with E-state index < -0.39 is 0 Å². The Balaban J connectivity index is 1.49. The van der Waals surface area contributed by atoms with E-state index >= 15 is 0 Å². The Hall–Kier alpha value is -0.480.